The number of unbranched alkanes of at least 4 members (excludes halogenated alkanes) is 1. The third-order valence-electron chi connectivity index (χ3n) is 4.40. The van der Waals surface area contributed by atoms with E-state index >= 15 is 0 Å². The predicted molar refractivity (Wildman–Crippen MR) is 107 cm³/mol. The summed E-state index contributed by atoms with van der Waals surface area (Å²) < 4.78 is 16.8. The molecule has 0 aromatic rings. The zero-order chi connectivity index (χ0) is 20.8. The molecule has 27 heavy (non-hydrogen) atoms. The SMILES string of the molecule is COCCC(C)(C)OCCC(C)(C)OCC(=O)NC(C)CCCCNC=O. The topological polar surface area (TPSA) is 85.9 Å². The van der Waals surface area contributed by atoms with E-state index in [0.29, 0.717) is 32.6 Å². The molecule has 0 aromatic carbocycles. The van der Waals surface area contributed by atoms with Crippen molar-refractivity contribution in [2.24, 2.45) is 0 Å². The first-order valence-corrected chi connectivity index (χ1v) is 9.85. The summed E-state index contributed by atoms with van der Waals surface area (Å²) in [6.45, 7) is 11.9. The van der Waals surface area contributed by atoms with Crippen molar-refractivity contribution in [1.82, 2.24) is 10.6 Å². The summed E-state index contributed by atoms with van der Waals surface area (Å²) in [5.74, 6) is -0.108. The third kappa shape index (κ3) is 15.6. The fraction of sp³-hybridized carbons (Fsp3) is 0.900. The van der Waals surface area contributed by atoms with Crippen LogP contribution in [0.2, 0.25) is 0 Å². The molecule has 2 amide bonds. The normalized spacial score (nSPS) is 13.3. The smallest absolute Gasteiger partial charge is 0.246 e. The summed E-state index contributed by atoms with van der Waals surface area (Å²) in [6, 6.07) is 0.0883. The van der Waals surface area contributed by atoms with Gasteiger partial charge in [0.05, 0.1) is 17.8 Å². The Balaban J connectivity index is 3.96. The van der Waals surface area contributed by atoms with Crippen molar-refractivity contribution in [3.63, 3.8) is 0 Å². The lowest BCUT2D eigenvalue weighted by Crippen LogP contribution is -2.39. The first kappa shape index (κ1) is 25.8. The number of methoxy groups -OCH3 is 1. The van der Waals surface area contributed by atoms with Crippen molar-refractivity contribution in [1.29, 1.82) is 0 Å². The van der Waals surface area contributed by atoms with Gasteiger partial charge in [0.15, 0.2) is 0 Å². The molecule has 0 aliphatic carbocycles. The molecule has 1 atom stereocenters. The van der Waals surface area contributed by atoms with Gasteiger partial charge in [-0.15, -0.1) is 0 Å². The zero-order valence-corrected chi connectivity index (χ0v) is 18.1. The van der Waals surface area contributed by atoms with Crippen molar-refractivity contribution in [3.05, 3.63) is 0 Å². The highest BCUT2D eigenvalue weighted by atomic mass is 16.5. The summed E-state index contributed by atoms with van der Waals surface area (Å²) in [5, 5.41) is 5.58. The van der Waals surface area contributed by atoms with Crippen LogP contribution in [0.25, 0.3) is 0 Å². The number of amides is 2. The number of nitrogens with one attached hydrogen (secondary N) is 2. The summed E-state index contributed by atoms with van der Waals surface area (Å²) in [4.78, 5) is 22.2. The first-order valence-electron chi connectivity index (χ1n) is 9.85. The minimum absolute atomic E-state index is 0.0388. The Hall–Kier alpha value is -1.18. The molecule has 0 radical (unpaired) electrons. The molecule has 7 heteroatoms. The minimum atomic E-state index is -0.432. The van der Waals surface area contributed by atoms with E-state index in [2.05, 4.69) is 10.6 Å². The number of carbonyl (C=O) groups excluding carboxylic acids is 2. The van der Waals surface area contributed by atoms with Crippen molar-refractivity contribution in [3.8, 4) is 0 Å². The lowest BCUT2D eigenvalue weighted by molar-refractivity contribution is -0.134. The fourth-order valence-electron chi connectivity index (χ4n) is 2.45. The Morgan fingerprint density at radius 3 is 2.30 bits per heavy atom. The molecule has 0 aliphatic rings. The van der Waals surface area contributed by atoms with Crippen LogP contribution in [-0.2, 0) is 23.8 Å². The van der Waals surface area contributed by atoms with E-state index in [1.807, 2.05) is 34.6 Å². The monoisotopic (exact) mass is 388 g/mol. The van der Waals surface area contributed by atoms with Crippen LogP contribution in [0.4, 0.5) is 0 Å². The van der Waals surface area contributed by atoms with Gasteiger partial charge in [-0.25, -0.2) is 0 Å². The van der Waals surface area contributed by atoms with E-state index in [9.17, 15) is 9.59 Å². The van der Waals surface area contributed by atoms with Crippen molar-refractivity contribution in [2.75, 3.05) is 33.5 Å². The van der Waals surface area contributed by atoms with Gasteiger partial charge >= 0.3 is 0 Å². The molecule has 1 unspecified atom stereocenters. The molecule has 0 heterocycles. The van der Waals surface area contributed by atoms with Gasteiger partial charge < -0.3 is 24.8 Å². The molecule has 0 fully saturated rings. The average molecular weight is 389 g/mol. The second kappa shape index (κ2) is 13.9. The molecule has 160 valence electrons. The van der Waals surface area contributed by atoms with Crippen LogP contribution in [0.15, 0.2) is 0 Å². The Morgan fingerprint density at radius 2 is 1.67 bits per heavy atom. The van der Waals surface area contributed by atoms with Crippen LogP contribution >= 0.6 is 0 Å². The Labute approximate surface area is 164 Å². The highest BCUT2D eigenvalue weighted by Crippen LogP contribution is 2.19. The van der Waals surface area contributed by atoms with E-state index in [4.69, 9.17) is 14.2 Å². The number of rotatable bonds is 17. The summed E-state index contributed by atoms with van der Waals surface area (Å²) in [7, 11) is 1.68. The maximum Gasteiger partial charge on any atom is 0.246 e. The second-order valence-electron chi connectivity index (χ2n) is 8.19. The molecule has 0 bridgehead atoms. The van der Waals surface area contributed by atoms with Gasteiger partial charge in [0.2, 0.25) is 12.3 Å². The van der Waals surface area contributed by atoms with E-state index in [1.165, 1.54) is 0 Å². The van der Waals surface area contributed by atoms with Crippen LogP contribution in [0.3, 0.4) is 0 Å². The third-order valence-corrected chi connectivity index (χ3v) is 4.40. The maximum absolute atomic E-state index is 12.0. The number of carbonyl (C=O) groups is 2. The molecule has 0 saturated heterocycles. The highest BCUT2D eigenvalue weighted by Gasteiger charge is 2.23. The maximum atomic E-state index is 12.0. The number of hydrogen-bond donors (Lipinski definition) is 2. The van der Waals surface area contributed by atoms with Crippen molar-refractivity contribution in [2.45, 2.75) is 84.0 Å². The van der Waals surface area contributed by atoms with Crippen molar-refractivity contribution >= 4 is 12.3 Å². The van der Waals surface area contributed by atoms with Crippen LogP contribution in [-0.4, -0.2) is 63.0 Å². The molecule has 0 aliphatic heterocycles. The first-order chi connectivity index (χ1) is 12.6. The zero-order valence-electron chi connectivity index (χ0n) is 18.1. The van der Waals surface area contributed by atoms with E-state index in [0.717, 1.165) is 25.7 Å². The van der Waals surface area contributed by atoms with Gasteiger partial charge in [-0.1, -0.05) is 0 Å². The Kier molecular flexibility index (Phi) is 13.3. The average Bonchev–Trinajstić information content (AvgIpc) is 2.58. The summed E-state index contributed by atoms with van der Waals surface area (Å²) in [6.07, 6.45) is 4.97. The minimum Gasteiger partial charge on any atom is -0.385 e. The highest BCUT2D eigenvalue weighted by molar-refractivity contribution is 5.77. The van der Waals surface area contributed by atoms with Crippen LogP contribution < -0.4 is 10.6 Å². The van der Waals surface area contributed by atoms with E-state index in [1.54, 1.807) is 7.11 Å². The molecular formula is C20H40N2O5. The standard InChI is InChI=1S/C20H40N2O5/c1-17(9-7-8-12-21-16-23)22-18(24)15-27-20(4,5)11-14-26-19(2,3)10-13-25-6/h16-17H,7-15H2,1-6H3,(H,21,23)(H,22,24). The van der Waals surface area contributed by atoms with E-state index in [-0.39, 0.29) is 24.2 Å². The van der Waals surface area contributed by atoms with Crippen molar-refractivity contribution < 1.29 is 23.8 Å². The largest absolute Gasteiger partial charge is 0.385 e. The van der Waals surface area contributed by atoms with Gasteiger partial charge in [0, 0.05) is 26.3 Å². The van der Waals surface area contributed by atoms with E-state index < -0.39 is 5.60 Å². The van der Waals surface area contributed by atoms with Crippen LogP contribution in [0.5, 0.6) is 0 Å². The molecule has 7 nitrogen and oxygen atoms in total. The van der Waals surface area contributed by atoms with Gasteiger partial charge in [-0.3, -0.25) is 9.59 Å². The molecule has 0 rings (SSSR count). The lowest BCUT2D eigenvalue weighted by Gasteiger charge is -2.29. The van der Waals surface area contributed by atoms with Crippen LogP contribution in [0.1, 0.15) is 66.7 Å². The fourth-order valence-corrected chi connectivity index (χ4v) is 2.45. The second-order valence-corrected chi connectivity index (χ2v) is 8.19. The van der Waals surface area contributed by atoms with Gasteiger partial charge in [-0.05, 0) is 66.7 Å². The molecule has 0 saturated carbocycles. The van der Waals surface area contributed by atoms with Crippen LogP contribution in [0, 0.1) is 0 Å². The van der Waals surface area contributed by atoms with Gasteiger partial charge in [0.1, 0.15) is 6.61 Å². The molecular weight excluding hydrogens is 348 g/mol. The summed E-state index contributed by atoms with van der Waals surface area (Å²) >= 11 is 0. The predicted octanol–water partition coefficient (Wildman–Crippen LogP) is 2.42. The molecule has 2 N–H and O–H groups in total. The Bertz CT molecular complexity index is 413. The molecule has 0 aromatic heterocycles. The quantitative estimate of drug-likeness (QED) is 0.295. The number of hydrogen-bond acceptors (Lipinski definition) is 5. The Morgan fingerprint density at radius 1 is 1.04 bits per heavy atom. The lowest BCUT2D eigenvalue weighted by atomic mass is 10.0. The summed E-state index contributed by atoms with van der Waals surface area (Å²) in [5.41, 5.74) is -0.668. The van der Waals surface area contributed by atoms with Gasteiger partial charge in [-0.2, -0.15) is 0 Å². The molecule has 0 spiro atoms. The van der Waals surface area contributed by atoms with Gasteiger partial charge in [0.25, 0.3) is 0 Å². The number of ether oxygens (including phenoxy) is 3.